The van der Waals surface area contributed by atoms with E-state index in [4.69, 9.17) is 37.3 Å². The number of hydrogen-bond donors (Lipinski definition) is 2. The third kappa shape index (κ3) is 2.04. The first-order valence-corrected chi connectivity index (χ1v) is 6.04. The molecule has 0 spiro atoms. The third-order valence-electron chi connectivity index (χ3n) is 2.78. The number of rotatable bonds is 2. The minimum atomic E-state index is -0.804. The van der Waals surface area contributed by atoms with Gasteiger partial charge >= 0.3 is 0 Å². The van der Waals surface area contributed by atoms with Crippen LogP contribution in [-0.4, -0.2) is 6.79 Å². The molecule has 4 N–H and O–H groups in total. The molecule has 0 fully saturated rings. The Morgan fingerprint density at radius 2 is 1.85 bits per heavy atom. The Kier molecular flexibility index (Phi) is 2.94. The largest absolute Gasteiger partial charge is 0.454 e. The Morgan fingerprint density at radius 3 is 2.65 bits per heavy atom. The number of benzene rings is 2. The number of fused-ring (bicyclic) bond motifs is 1. The third-order valence-corrected chi connectivity index (χ3v) is 3.17. The number of nitrogen functional groups attached to an aromatic ring is 2. The van der Waals surface area contributed by atoms with Crippen LogP contribution in [0.5, 0.6) is 23.0 Å². The zero-order chi connectivity index (χ0) is 14.3. The van der Waals surface area contributed by atoms with Gasteiger partial charge in [0.15, 0.2) is 23.1 Å². The van der Waals surface area contributed by atoms with Crippen LogP contribution in [0.25, 0.3) is 0 Å². The second-order valence-electron chi connectivity index (χ2n) is 4.13. The fourth-order valence-electron chi connectivity index (χ4n) is 1.81. The van der Waals surface area contributed by atoms with Crippen molar-refractivity contribution in [2.45, 2.75) is 0 Å². The molecule has 0 atom stereocenters. The Hall–Kier alpha value is -2.34. The van der Waals surface area contributed by atoms with E-state index >= 15 is 0 Å². The molecule has 0 saturated heterocycles. The summed E-state index contributed by atoms with van der Waals surface area (Å²) in [5.74, 6) is 0.481. The molecule has 5 nitrogen and oxygen atoms in total. The summed E-state index contributed by atoms with van der Waals surface area (Å²) in [6.45, 7) is 0.142. The normalized spacial score (nSPS) is 12.5. The fraction of sp³-hybridized carbons (Fsp3) is 0.0769. The zero-order valence-corrected chi connectivity index (χ0v) is 10.9. The maximum Gasteiger partial charge on any atom is 0.231 e. The van der Waals surface area contributed by atoms with Gasteiger partial charge in [-0.3, -0.25) is 0 Å². The molecule has 104 valence electrons. The molecule has 0 radical (unpaired) electrons. The predicted molar refractivity (Wildman–Crippen MR) is 72.9 cm³/mol. The predicted octanol–water partition coefficient (Wildman–Crippen LogP) is 3.16. The van der Waals surface area contributed by atoms with E-state index in [1.165, 1.54) is 6.07 Å². The molecular weight excluding hydrogens is 287 g/mol. The van der Waals surface area contributed by atoms with Gasteiger partial charge in [0.25, 0.3) is 0 Å². The van der Waals surface area contributed by atoms with Crippen molar-refractivity contribution in [3.05, 3.63) is 35.1 Å². The quantitative estimate of drug-likeness (QED) is 0.832. The molecule has 1 aliphatic rings. The molecule has 7 heteroatoms. The number of ether oxygens (including phenoxy) is 3. The van der Waals surface area contributed by atoms with Gasteiger partial charge < -0.3 is 25.7 Å². The van der Waals surface area contributed by atoms with Gasteiger partial charge in [0, 0.05) is 6.07 Å². The van der Waals surface area contributed by atoms with E-state index in [-0.39, 0.29) is 28.9 Å². The van der Waals surface area contributed by atoms with E-state index in [0.717, 1.165) is 0 Å². The average molecular weight is 297 g/mol. The van der Waals surface area contributed by atoms with Gasteiger partial charge in [-0.15, -0.1) is 0 Å². The highest BCUT2D eigenvalue weighted by atomic mass is 35.5. The maximum absolute atomic E-state index is 14.0. The van der Waals surface area contributed by atoms with Gasteiger partial charge in [-0.05, 0) is 18.2 Å². The van der Waals surface area contributed by atoms with Crippen LogP contribution in [0, 0.1) is 5.82 Å². The molecule has 0 bridgehead atoms. The number of anilines is 2. The topological polar surface area (TPSA) is 79.7 Å². The molecule has 1 aliphatic heterocycles. The molecule has 20 heavy (non-hydrogen) atoms. The zero-order valence-electron chi connectivity index (χ0n) is 10.2. The van der Waals surface area contributed by atoms with E-state index in [2.05, 4.69) is 0 Å². The highest BCUT2D eigenvalue weighted by Gasteiger charge is 2.18. The van der Waals surface area contributed by atoms with Crippen molar-refractivity contribution in [2.24, 2.45) is 0 Å². The van der Waals surface area contributed by atoms with Gasteiger partial charge in [-0.1, -0.05) is 11.6 Å². The van der Waals surface area contributed by atoms with Crippen LogP contribution in [0.4, 0.5) is 15.8 Å². The van der Waals surface area contributed by atoms with Crippen LogP contribution in [0.1, 0.15) is 0 Å². The fourth-order valence-corrected chi connectivity index (χ4v) is 1.95. The second kappa shape index (κ2) is 4.64. The van der Waals surface area contributed by atoms with Crippen molar-refractivity contribution in [1.82, 2.24) is 0 Å². The molecule has 2 aromatic rings. The van der Waals surface area contributed by atoms with E-state index in [1.807, 2.05) is 0 Å². The van der Waals surface area contributed by atoms with E-state index < -0.39 is 5.82 Å². The molecule has 0 amide bonds. The van der Waals surface area contributed by atoms with Gasteiger partial charge in [0.1, 0.15) is 10.8 Å². The molecule has 0 aromatic heterocycles. The monoisotopic (exact) mass is 296 g/mol. The van der Waals surface area contributed by atoms with Crippen LogP contribution in [0.2, 0.25) is 5.02 Å². The highest BCUT2D eigenvalue weighted by Crippen LogP contribution is 2.41. The van der Waals surface area contributed by atoms with Gasteiger partial charge in [0.05, 0.1) is 11.4 Å². The molecule has 2 aromatic carbocycles. The first-order valence-electron chi connectivity index (χ1n) is 5.66. The van der Waals surface area contributed by atoms with Crippen LogP contribution in [0.3, 0.4) is 0 Å². The molecule has 0 aliphatic carbocycles. The van der Waals surface area contributed by atoms with Crippen molar-refractivity contribution >= 4 is 23.0 Å². The SMILES string of the molecule is Nc1cc(N)c(Oc2ccc3c(c2)OCO3)c(F)c1Cl. The minimum Gasteiger partial charge on any atom is -0.454 e. The summed E-state index contributed by atoms with van der Waals surface area (Å²) < 4.78 is 29.8. The van der Waals surface area contributed by atoms with Crippen molar-refractivity contribution in [3.63, 3.8) is 0 Å². The second-order valence-corrected chi connectivity index (χ2v) is 4.51. The van der Waals surface area contributed by atoms with Gasteiger partial charge in [-0.25, -0.2) is 4.39 Å². The Labute approximate surface area is 118 Å². The lowest BCUT2D eigenvalue weighted by Gasteiger charge is -2.12. The summed E-state index contributed by atoms with van der Waals surface area (Å²) >= 11 is 5.73. The maximum atomic E-state index is 14.0. The van der Waals surface area contributed by atoms with Crippen molar-refractivity contribution in [2.75, 3.05) is 18.3 Å². The molecule has 3 rings (SSSR count). The lowest BCUT2D eigenvalue weighted by molar-refractivity contribution is 0.174. The first kappa shape index (κ1) is 12.7. The van der Waals surface area contributed by atoms with E-state index in [0.29, 0.717) is 17.2 Å². The summed E-state index contributed by atoms with van der Waals surface area (Å²) in [6, 6.07) is 6.18. The Morgan fingerprint density at radius 1 is 1.10 bits per heavy atom. The highest BCUT2D eigenvalue weighted by molar-refractivity contribution is 6.33. The van der Waals surface area contributed by atoms with Crippen LogP contribution < -0.4 is 25.7 Å². The minimum absolute atomic E-state index is 0.0553. The van der Waals surface area contributed by atoms with Gasteiger partial charge in [-0.2, -0.15) is 0 Å². The summed E-state index contributed by atoms with van der Waals surface area (Å²) in [7, 11) is 0. The van der Waals surface area contributed by atoms with Gasteiger partial charge in [0.2, 0.25) is 6.79 Å². The van der Waals surface area contributed by atoms with E-state index in [9.17, 15) is 4.39 Å². The van der Waals surface area contributed by atoms with E-state index in [1.54, 1.807) is 18.2 Å². The average Bonchev–Trinajstić information content (AvgIpc) is 2.88. The molecule has 0 saturated carbocycles. The van der Waals surface area contributed by atoms with Crippen molar-refractivity contribution < 1.29 is 18.6 Å². The van der Waals surface area contributed by atoms with Crippen LogP contribution in [0.15, 0.2) is 24.3 Å². The number of nitrogens with two attached hydrogens (primary N) is 2. The molecule has 1 heterocycles. The number of hydrogen-bond acceptors (Lipinski definition) is 5. The smallest absolute Gasteiger partial charge is 0.231 e. The summed E-state index contributed by atoms with van der Waals surface area (Å²) in [4.78, 5) is 0. The lowest BCUT2D eigenvalue weighted by Crippen LogP contribution is -1.99. The molecular formula is C13H10ClFN2O3. The standard InChI is InChI=1S/C13H10ClFN2O3/c14-11-7(16)4-8(17)13(12(11)15)20-6-1-2-9-10(3-6)19-5-18-9/h1-4H,5,16-17H2. The summed E-state index contributed by atoms with van der Waals surface area (Å²) in [6.07, 6.45) is 0. The molecule has 0 unspecified atom stereocenters. The number of halogens is 2. The summed E-state index contributed by atoms with van der Waals surface area (Å²) in [5, 5.41) is -0.227. The van der Waals surface area contributed by atoms with Crippen molar-refractivity contribution in [3.8, 4) is 23.0 Å². The van der Waals surface area contributed by atoms with Crippen molar-refractivity contribution in [1.29, 1.82) is 0 Å². The van der Waals surface area contributed by atoms with Crippen LogP contribution in [-0.2, 0) is 0 Å². The lowest BCUT2D eigenvalue weighted by atomic mass is 10.2. The Balaban J connectivity index is 1.97. The Bertz CT molecular complexity index is 694. The first-order chi connectivity index (χ1) is 9.56. The summed E-state index contributed by atoms with van der Waals surface area (Å²) in [5.41, 5.74) is 11.3. The van der Waals surface area contributed by atoms with Crippen LogP contribution >= 0.6 is 11.6 Å².